The Hall–Kier alpha value is 0.722. The van der Waals surface area contributed by atoms with Crippen molar-refractivity contribution in [2.75, 3.05) is 12.4 Å². The van der Waals surface area contributed by atoms with Crippen LogP contribution in [0.1, 0.15) is 12.0 Å². The van der Waals surface area contributed by atoms with Crippen LogP contribution in [0.2, 0.25) is 0 Å². The van der Waals surface area contributed by atoms with Crippen molar-refractivity contribution in [1.29, 1.82) is 0 Å². The van der Waals surface area contributed by atoms with E-state index in [1.807, 2.05) is 12.1 Å². The number of hydrogen-bond donors (Lipinski definition) is 0. The Kier molecular flexibility index (Phi) is 9.13. The Bertz CT molecular complexity index is 439. The summed E-state index contributed by atoms with van der Waals surface area (Å²) in [5.74, 6) is 0.256. The van der Waals surface area contributed by atoms with E-state index < -0.39 is 15.9 Å². The molecule has 0 heterocycles. The molecule has 0 bridgehead atoms. The molecule has 1 aromatic carbocycles. The molecule has 0 spiro atoms. The van der Waals surface area contributed by atoms with Gasteiger partial charge < -0.3 is 9.29 Å². The number of rotatable bonds is 6. The van der Waals surface area contributed by atoms with Crippen LogP contribution in [0.4, 0.5) is 0 Å². The standard InChI is InChI=1S/C11H14O4S.Cs/c1-2-10-4-6-11(7-5-10)15-8-3-9-16(12,13)14;/h2,4-7H,1,3,8-9H2,(H,12,13,14);/q;+1/p-1. The van der Waals surface area contributed by atoms with Gasteiger partial charge in [-0.3, -0.25) is 0 Å². The minimum absolute atomic E-state index is 0. The minimum atomic E-state index is -4.13. The van der Waals surface area contributed by atoms with Crippen LogP contribution in [0.5, 0.6) is 5.75 Å². The summed E-state index contributed by atoms with van der Waals surface area (Å²) in [7, 11) is -4.13. The summed E-state index contributed by atoms with van der Waals surface area (Å²) in [4.78, 5) is 0. The molecule has 1 aromatic rings. The Labute approximate surface area is 161 Å². The van der Waals surface area contributed by atoms with Crippen molar-refractivity contribution in [1.82, 2.24) is 0 Å². The molecule has 6 heteroatoms. The predicted molar refractivity (Wildman–Crippen MR) is 61.2 cm³/mol. The van der Waals surface area contributed by atoms with Gasteiger partial charge in [-0.05, 0) is 24.1 Å². The van der Waals surface area contributed by atoms with Gasteiger partial charge in [-0.15, -0.1) is 0 Å². The number of hydrogen-bond acceptors (Lipinski definition) is 4. The molecule has 0 radical (unpaired) electrons. The van der Waals surface area contributed by atoms with Gasteiger partial charge >= 0.3 is 68.9 Å². The average molecular weight is 374 g/mol. The third-order valence-corrected chi connectivity index (χ3v) is 2.71. The maximum Gasteiger partial charge on any atom is 1.00 e. The molecule has 0 aliphatic rings. The van der Waals surface area contributed by atoms with Crippen LogP contribution < -0.4 is 73.6 Å². The first-order valence-corrected chi connectivity index (χ1v) is 6.38. The van der Waals surface area contributed by atoms with Crippen LogP contribution in [0, 0.1) is 0 Å². The van der Waals surface area contributed by atoms with Crippen molar-refractivity contribution < 1.29 is 86.6 Å². The van der Waals surface area contributed by atoms with Gasteiger partial charge in [0.2, 0.25) is 0 Å². The molecule has 0 fully saturated rings. The van der Waals surface area contributed by atoms with Crippen LogP contribution in [0.15, 0.2) is 30.8 Å². The topological polar surface area (TPSA) is 66.4 Å². The third kappa shape index (κ3) is 8.44. The summed E-state index contributed by atoms with van der Waals surface area (Å²) in [5.41, 5.74) is 0.981. The van der Waals surface area contributed by atoms with Gasteiger partial charge in [0.25, 0.3) is 0 Å². The largest absolute Gasteiger partial charge is 1.00 e. The molecule has 4 nitrogen and oxygen atoms in total. The molecule has 0 N–H and O–H groups in total. The van der Waals surface area contributed by atoms with Gasteiger partial charge in [-0.1, -0.05) is 24.8 Å². The zero-order chi connectivity index (χ0) is 12.0. The fourth-order valence-corrected chi connectivity index (χ4v) is 1.60. The summed E-state index contributed by atoms with van der Waals surface area (Å²) in [6.07, 6.45) is 1.92. The predicted octanol–water partition coefficient (Wildman–Crippen LogP) is -1.35. The SMILES string of the molecule is C=Cc1ccc(OCCCS(=O)(=O)[O-])cc1.[Cs+]. The second-order valence-corrected chi connectivity index (χ2v) is 4.76. The van der Waals surface area contributed by atoms with Crippen LogP contribution in [0.25, 0.3) is 6.08 Å². The summed E-state index contributed by atoms with van der Waals surface area (Å²) in [5, 5.41) is 0. The smallest absolute Gasteiger partial charge is 0.748 e. The van der Waals surface area contributed by atoms with E-state index in [9.17, 15) is 13.0 Å². The molecule has 0 unspecified atom stereocenters. The second kappa shape index (κ2) is 8.76. The van der Waals surface area contributed by atoms with Gasteiger partial charge in [0.15, 0.2) is 0 Å². The molecule has 0 saturated heterocycles. The van der Waals surface area contributed by atoms with Crippen LogP contribution in [-0.2, 0) is 10.1 Å². The van der Waals surface area contributed by atoms with E-state index in [4.69, 9.17) is 4.74 Å². The first-order valence-electron chi connectivity index (χ1n) is 4.80. The quantitative estimate of drug-likeness (QED) is 0.456. The molecule has 0 amide bonds. The summed E-state index contributed by atoms with van der Waals surface area (Å²) >= 11 is 0. The third-order valence-electron chi connectivity index (χ3n) is 1.92. The van der Waals surface area contributed by atoms with Crippen molar-refractivity contribution >= 4 is 16.2 Å². The van der Waals surface area contributed by atoms with Gasteiger partial charge in [-0.2, -0.15) is 0 Å². The fraction of sp³-hybridized carbons (Fsp3) is 0.273. The minimum Gasteiger partial charge on any atom is -0.748 e. The average Bonchev–Trinajstić information content (AvgIpc) is 2.24. The van der Waals surface area contributed by atoms with E-state index in [2.05, 4.69) is 6.58 Å². The van der Waals surface area contributed by atoms with E-state index >= 15 is 0 Å². The van der Waals surface area contributed by atoms with Crippen molar-refractivity contribution in [3.8, 4) is 5.75 Å². The monoisotopic (exact) mass is 374 g/mol. The Morgan fingerprint density at radius 1 is 1.29 bits per heavy atom. The molecule has 88 valence electrons. The zero-order valence-electron chi connectivity index (χ0n) is 9.76. The van der Waals surface area contributed by atoms with E-state index in [0.717, 1.165) is 5.56 Å². The van der Waals surface area contributed by atoms with Crippen molar-refractivity contribution in [3.63, 3.8) is 0 Å². The number of ether oxygens (including phenoxy) is 1. The van der Waals surface area contributed by atoms with Crippen LogP contribution in [0.3, 0.4) is 0 Å². The normalized spacial score (nSPS) is 10.4. The molecular weight excluding hydrogens is 361 g/mol. The Balaban J connectivity index is 0.00000256. The number of benzene rings is 1. The maximum absolute atomic E-state index is 10.3. The molecule has 1 rings (SSSR count). The van der Waals surface area contributed by atoms with Gasteiger partial charge in [0.1, 0.15) is 5.75 Å². The zero-order valence-corrected chi connectivity index (χ0v) is 16.9. The van der Waals surface area contributed by atoms with Gasteiger partial charge in [-0.25, -0.2) is 8.42 Å². The Morgan fingerprint density at radius 2 is 1.88 bits per heavy atom. The molecule has 0 saturated carbocycles. The molecule has 0 aliphatic heterocycles. The van der Waals surface area contributed by atoms with E-state index in [0.29, 0.717) is 5.75 Å². The first-order chi connectivity index (χ1) is 7.51. The summed E-state index contributed by atoms with van der Waals surface area (Å²) in [6.45, 7) is 3.84. The van der Waals surface area contributed by atoms with Gasteiger partial charge in [0, 0.05) is 5.75 Å². The van der Waals surface area contributed by atoms with E-state index in [1.165, 1.54) is 0 Å². The maximum atomic E-state index is 10.3. The van der Waals surface area contributed by atoms with E-state index in [-0.39, 0.29) is 81.9 Å². The van der Waals surface area contributed by atoms with E-state index in [1.54, 1.807) is 18.2 Å². The molecule has 0 aromatic heterocycles. The fourth-order valence-electron chi connectivity index (χ4n) is 1.13. The van der Waals surface area contributed by atoms with Crippen molar-refractivity contribution in [3.05, 3.63) is 36.4 Å². The summed E-state index contributed by atoms with van der Waals surface area (Å²) < 4.78 is 36.2. The molecule has 17 heavy (non-hydrogen) atoms. The second-order valence-electron chi connectivity index (χ2n) is 3.24. The Morgan fingerprint density at radius 3 is 2.35 bits per heavy atom. The van der Waals surface area contributed by atoms with Gasteiger partial charge in [0.05, 0.1) is 16.7 Å². The van der Waals surface area contributed by atoms with Crippen molar-refractivity contribution in [2.45, 2.75) is 6.42 Å². The van der Waals surface area contributed by atoms with Crippen LogP contribution >= 0.6 is 0 Å². The molecular formula is C11H13CsO4S. The summed E-state index contributed by atoms with van der Waals surface area (Å²) in [6, 6.07) is 7.21. The molecule has 0 atom stereocenters. The first kappa shape index (κ1) is 17.7. The van der Waals surface area contributed by atoms with Crippen LogP contribution in [-0.4, -0.2) is 25.3 Å². The molecule has 0 aliphatic carbocycles. The van der Waals surface area contributed by atoms with Crippen molar-refractivity contribution in [2.24, 2.45) is 0 Å².